The Bertz CT molecular complexity index is 2380. The molecule has 0 radical (unpaired) electrons. The van der Waals surface area contributed by atoms with Gasteiger partial charge in [0, 0.05) is 37.2 Å². The summed E-state index contributed by atoms with van der Waals surface area (Å²) in [7, 11) is 0. The zero-order valence-electron chi connectivity index (χ0n) is 21.8. The number of para-hydroxylation sites is 3. The first-order chi connectivity index (χ1) is 20.3. The summed E-state index contributed by atoms with van der Waals surface area (Å²) >= 11 is 1.77. The van der Waals surface area contributed by atoms with Gasteiger partial charge in [0.05, 0.1) is 16.6 Å². The van der Waals surface area contributed by atoms with Gasteiger partial charge in [-0.2, -0.15) is 15.0 Å². The topological polar surface area (TPSA) is 48.5 Å². The van der Waals surface area contributed by atoms with Gasteiger partial charge in [-0.15, -0.1) is 11.3 Å². The number of aromatic nitrogens is 5. The van der Waals surface area contributed by atoms with Crippen molar-refractivity contribution in [2.45, 2.75) is 0 Å². The summed E-state index contributed by atoms with van der Waals surface area (Å²) in [5, 5.41) is 6.03. The van der Waals surface area contributed by atoms with Crippen LogP contribution in [0.5, 0.6) is 0 Å². The molecule has 0 amide bonds. The minimum Gasteiger partial charge on any atom is -0.278 e. The van der Waals surface area contributed by atoms with E-state index in [1.165, 1.54) is 31.6 Å². The lowest BCUT2D eigenvalue weighted by Gasteiger charge is -2.12. The summed E-state index contributed by atoms with van der Waals surface area (Å²) in [5.74, 6) is 1.84. The van der Waals surface area contributed by atoms with Gasteiger partial charge >= 0.3 is 0 Å². The van der Waals surface area contributed by atoms with E-state index in [1.54, 1.807) is 11.3 Å². The third kappa shape index (κ3) is 3.25. The fourth-order valence-electron chi connectivity index (χ4n) is 6.05. The minimum absolute atomic E-state index is 0.596. The van der Waals surface area contributed by atoms with Crippen LogP contribution in [0, 0.1) is 0 Å². The van der Waals surface area contributed by atoms with Gasteiger partial charge in [0.1, 0.15) is 4.83 Å². The van der Waals surface area contributed by atoms with Crippen LogP contribution in [0.15, 0.2) is 127 Å². The largest absolute Gasteiger partial charge is 0.278 e. The fraction of sp³-hybridized carbons (Fsp3) is 0. The van der Waals surface area contributed by atoms with Gasteiger partial charge in [0.15, 0.2) is 5.82 Å². The van der Waals surface area contributed by atoms with Crippen LogP contribution < -0.4 is 0 Å². The Kier molecular flexibility index (Phi) is 4.71. The summed E-state index contributed by atoms with van der Waals surface area (Å²) in [4.78, 5) is 16.6. The Morgan fingerprint density at radius 3 is 1.63 bits per heavy atom. The first-order valence-electron chi connectivity index (χ1n) is 13.6. The highest BCUT2D eigenvalue weighted by atomic mass is 32.1. The van der Waals surface area contributed by atoms with Crippen LogP contribution in [0.1, 0.15) is 0 Å². The van der Waals surface area contributed by atoms with E-state index >= 15 is 0 Å². The predicted octanol–water partition coefficient (Wildman–Crippen LogP) is 8.95. The van der Waals surface area contributed by atoms with Gasteiger partial charge in [0.2, 0.25) is 11.9 Å². The van der Waals surface area contributed by atoms with Gasteiger partial charge in [-0.3, -0.25) is 9.13 Å². The molecule has 9 aromatic rings. The van der Waals surface area contributed by atoms with E-state index in [0.29, 0.717) is 17.7 Å². The molecule has 0 aliphatic rings. The SMILES string of the molecule is c1ccc(-c2nc(-n3c4ccccc4c4ccccc43)nc(-n3c4ccccc4c4c5ccccc5sc43)n2)cc1. The average Bonchev–Trinajstić information content (AvgIpc) is 3.68. The maximum absolute atomic E-state index is 5.22. The third-order valence-corrected chi connectivity index (χ3v) is 8.97. The Labute approximate surface area is 238 Å². The zero-order valence-corrected chi connectivity index (χ0v) is 22.6. The molecule has 0 N–H and O–H groups in total. The maximum atomic E-state index is 5.22. The number of hydrogen-bond acceptors (Lipinski definition) is 4. The number of thiophene rings is 1. The molecule has 0 aliphatic heterocycles. The van der Waals surface area contributed by atoms with Crippen molar-refractivity contribution in [3.63, 3.8) is 0 Å². The van der Waals surface area contributed by atoms with Crippen LogP contribution in [0.3, 0.4) is 0 Å². The standard InChI is InChI=1S/C35H21N5S/c1-2-12-22(13-3-1)32-36-34(39-27-18-8-4-14-23(27)24-15-5-9-19-28(24)39)38-35(37-32)40-29-20-10-6-16-25(29)31-26-17-7-11-21-30(26)41-33(31)40/h1-21H. The highest BCUT2D eigenvalue weighted by Gasteiger charge is 2.22. The third-order valence-electron chi connectivity index (χ3n) is 7.82. The highest BCUT2D eigenvalue weighted by Crippen LogP contribution is 2.42. The quantitative estimate of drug-likeness (QED) is 0.223. The second-order valence-electron chi connectivity index (χ2n) is 10.1. The fourth-order valence-corrected chi connectivity index (χ4v) is 7.27. The smallest absolute Gasteiger partial charge is 0.240 e. The zero-order chi connectivity index (χ0) is 26.9. The van der Waals surface area contributed by atoms with E-state index in [1.807, 2.05) is 18.2 Å². The normalized spacial score (nSPS) is 11.9. The van der Waals surface area contributed by atoms with Crippen molar-refractivity contribution in [2.75, 3.05) is 0 Å². The molecule has 4 heterocycles. The maximum Gasteiger partial charge on any atom is 0.240 e. The van der Waals surface area contributed by atoms with Gasteiger partial charge in [-0.25, -0.2) is 0 Å². The van der Waals surface area contributed by atoms with Gasteiger partial charge in [-0.05, 0) is 24.3 Å². The van der Waals surface area contributed by atoms with E-state index in [2.05, 4.69) is 118 Å². The van der Waals surface area contributed by atoms with Crippen molar-refractivity contribution in [3.8, 4) is 23.3 Å². The lowest BCUT2D eigenvalue weighted by molar-refractivity contribution is 0.895. The number of benzene rings is 5. The molecule has 192 valence electrons. The molecule has 41 heavy (non-hydrogen) atoms. The lowest BCUT2D eigenvalue weighted by atomic mass is 10.1. The predicted molar refractivity (Wildman–Crippen MR) is 169 cm³/mol. The van der Waals surface area contributed by atoms with Crippen LogP contribution in [0.4, 0.5) is 0 Å². The molecule has 5 aromatic carbocycles. The van der Waals surface area contributed by atoms with Crippen molar-refractivity contribution in [1.29, 1.82) is 0 Å². The lowest BCUT2D eigenvalue weighted by Crippen LogP contribution is -2.10. The number of rotatable bonds is 3. The molecular formula is C35H21N5S. The van der Waals surface area contributed by atoms with E-state index in [4.69, 9.17) is 15.0 Å². The minimum atomic E-state index is 0.596. The van der Waals surface area contributed by atoms with E-state index in [-0.39, 0.29) is 0 Å². The summed E-state index contributed by atoms with van der Waals surface area (Å²) < 4.78 is 5.62. The van der Waals surface area contributed by atoms with Crippen LogP contribution in [-0.2, 0) is 0 Å². The van der Waals surface area contributed by atoms with Crippen molar-refractivity contribution in [1.82, 2.24) is 24.1 Å². The highest BCUT2D eigenvalue weighted by molar-refractivity contribution is 7.25. The molecule has 5 nitrogen and oxygen atoms in total. The monoisotopic (exact) mass is 543 g/mol. The van der Waals surface area contributed by atoms with Crippen LogP contribution >= 0.6 is 11.3 Å². The number of fused-ring (bicyclic) bond motifs is 8. The van der Waals surface area contributed by atoms with Crippen molar-refractivity contribution in [2.24, 2.45) is 0 Å². The summed E-state index contributed by atoms with van der Waals surface area (Å²) in [6, 6.07) is 44.2. The molecule has 4 aromatic heterocycles. The first kappa shape index (κ1) is 22.5. The summed E-state index contributed by atoms with van der Waals surface area (Å²) in [6.45, 7) is 0. The molecule has 0 aliphatic carbocycles. The molecule has 0 bridgehead atoms. The molecule has 0 unspecified atom stereocenters. The average molecular weight is 544 g/mol. The number of nitrogens with zero attached hydrogens (tertiary/aromatic N) is 5. The van der Waals surface area contributed by atoms with Crippen LogP contribution in [0.2, 0.25) is 0 Å². The molecule has 6 heteroatoms. The van der Waals surface area contributed by atoms with Crippen molar-refractivity contribution in [3.05, 3.63) is 127 Å². The summed E-state index contributed by atoms with van der Waals surface area (Å²) in [6.07, 6.45) is 0. The second-order valence-corrected chi connectivity index (χ2v) is 11.2. The van der Waals surface area contributed by atoms with E-state index in [9.17, 15) is 0 Å². The molecule has 0 atom stereocenters. The molecule has 0 saturated heterocycles. The Morgan fingerprint density at radius 2 is 0.951 bits per heavy atom. The Morgan fingerprint density at radius 1 is 0.439 bits per heavy atom. The summed E-state index contributed by atoms with van der Waals surface area (Å²) in [5.41, 5.74) is 4.16. The molecule has 0 fully saturated rings. The van der Waals surface area contributed by atoms with E-state index < -0.39 is 0 Å². The second kappa shape index (κ2) is 8.58. The van der Waals surface area contributed by atoms with Crippen molar-refractivity contribution >= 4 is 64.3 Å². The Hall–Kier alpha value is -5.33. The first-order valence-corrected chi connectivity index (χ1v) is 14.4. The van der Waals surface area contributed by atoms with Crippen LogP contribution in [0.25, 0.3) is 76.3 Å². The molecule has 0 saturated carbocycles. The molecule has 0 spiro atoms. The van der Waals surface area contributed by atoms with Crippen molar-refractivity contribution < 1.29 is 0 Å². The van der Waals surface area contributed by atoms with Crippen LogP contribution in [-0.4, -0.2) is 24.1 Å². The molecule has 9 rings (SSSR count). The van der Waals surface area contributed by atoms with Gasteiger partial charge < -0.3 is 0 Å². The van der Waals surface area contributed by atoms with E-state index in [0.717, 1.165) is 26.9 Å². The number of hydrogen-bond donors (Lipinski definition) is 0. The van der Waals surface area contributed by atoms with Gasteiger partial charge in [0.25, 0.3) is 0 Å². The Balaban J connectivity index is 1.43. The molecular weight excluding hydrogens is 522 g/mol. The van der Waals surface area contributed by atoms with Gasteiger partial charge in [-0.1, -0.05) is 103 Å².